The van der Waals surface area contributed by atoms with Crippen molar-refractivity contribution >= 4 is 5.97 Å². The average Bonchev–Trinajstić information content (AvgIpc) is 2.45. The fourth-order valence-corrected chi connectivity index (χ4v) is 0.769. The number of aliphatic hydroxyl groups is 1. The maximum Gasteiger partial charge on any atom is 0.302 e. The summed E-state index contributed by atoms with van der Waals surface area (Å²) in [5.41, 5.74) is 0. The van der Waals surface area contributed by atoms with Crippen molar-refractivity contribution in [3.8, 4) is 0 Å². The molecule has 0 amide bonds. The Balaban J connectivity index is 2.12. The van der Waals surface area contributed by atoms with Gasteiger partial charge in [-0.15, -0.1) is 0 Å². The lowest BCUT2D eigenvalue weighted by Gasteiger charge is -1.96. The van der Waals surface area contributed by atoms with Crippen molar-refractivity contribution in [2.75, 3.05) is 6.61 Å². The SMILES string of the molecule is CC(=O)OC1CC1CO. The second-order valence-electron chi connectivity index (χ2n) is 2.33. The Morgan fingerprint density at radius 1 is 1.89 bits per heavy atom. The summed E-state index contributed by atoms with van der Waals surface area (Å²) in [6.45, 7) is 1.52. The molecule has 52 valence electrons. The quantitative estimate of drug-likeness (QED) is 0.532. The first-order valence-electron chi connectivity index (χ1n) is 3.02. The van der Waals surface area contributed by atoms with Crippen molar-refractivity contribution in [1.29, 1.82) is 0 Å². The van der Waals surface area contributed by atoms with Gasteiger partial charge in [-0.25, -0.2) is 0 Å². The van der Waals surface area contributed by atoms with Crippen molar-refractivity contribution in [2.45, 2.75) is 19.4 Å². The van der Waals surface area contributed by atoms with E-state index in [1.165, 1.54) is 6.92 Å². The van der Waals surface area contributed by atoms with E-state index in [1.54, 1.807) is 0 Å². The molecule has 3 nitrogen and oxygen atoms in total. The Morgan fingerprint density at radius 2 is 2.56 bits per heavy atom. The molecular weight excluding hydrogens is 120 g/mol. The van der Waals surface area contributed by atoms with Crippen LogP contribution in [0.2, 0.25) is 0 Å². The summed E-state index contributed by atoms with van der Waals surface area (Å²) in [6, 6.07) is 0. The summed E-state index contributed by atoms with van der Waals surface area (Å²) >= 11 is 0. The van der Waals surface area contributed by atoms with Crippen LogP contribution in [0.15, 0.2) is 0 Å². The van der Waals surface area contributed by atoms with Crippen LogP contribution in [0.1, 0.15) is 13.3 Å². The molecule has 2 atom stereocenters. The molecule has 0 aromatic heterocycles. The highest BCUT2D eigenvalue weighted by Crippen LogP contribution is 2.32. The molecule has 1 aliphatic carbocycles. The lowest BCUT2D eigenvalue weighted by molar-refractivity contribution is -0.142. The van der Waals surface area contributed by atoms with Crippen LogP contribution in [-0.2, 0) is 9.53 Å². The number of esters is 1. The van der Waals surface area contributed by atoms with E-state index < -0.39 is 0 Å². The van der Waals surface area contributed by atoms with Crippen molar-refractivity contribution in [1.82, 2.24) is 0 Å². The number of hydrogen-bond acceptors (Lipinski definition) is 3. The van der Waals surface area contributed by atoms with Gasteiger partial charge < -0.3 is 9.84 Å². The van der Waals surface area contributed by atoms with Crippen LogP contribution in [0.4, 0.5) is 0 Å². The Morgan fingerprint density at radius 3 is 2.89 bits per heavy atom. The first kappa shape index (κ1) is 6.55. The van der Waals surface area contributed by atoms with Crippen molar-refractivity contribution in [3.63, 3.8) is 0 Å². The molecule has 1 aliphatic rings. The predicted octanol–water partition coefficient (Wildman–Crippen LogP) is -0.0697. The molecule has 3 heteroatoms. The van der Waals surface area contributed by atoms with Crippen molar-refractivity contribution in [2.24, 2.45) is 5.92 Å². The van der Waals surface area contributed by atoms with Gasteiger partial charge in [0.25, 0.3) is 0 Å². The highest BCUT2D eigenvalue weighted by molar-refractivity contribution is 5.66. The molecule has 0 bridgehead atoms. The molecule has 0 aromatic rings. The summed E-state index contributed by atoms with van der Waals surface area (Å²) in [6.07, 6.45) is 0.836. The lowest BCUT2D eigenvalue weighted by atomic mass is 10.5. The van der Waals surface area contributed by atoms with Gasteiger partial charge in [0.2, 0.25) is 0 Å². The normalized spacial score (nSPS) is 31.8. The third kappa shape index (κ3) is 1.68. The third-order valence-electron chi connectivity index (χ3n) is 1.41. The van der Waals surface area contributed by atoms with E-state index in [2.05, 4.69) is 0 Å². The third-order valence-corrected chi connectivity index (χ3v) is 1.41. The van der Waals surface area contributed by atoms with Crippen LogP contribution in [0.3, 0.4) is 0 Å². The van der Waals surface area contributed by atoms with E-state index in [9.17, 15) is 4.79 Å². The fourth-order valence-electron chi connectivity index (χ4n) is 0.769. The van der Waals surface area contributed by atoms with Crippen LogP contribution in [0.25, 0.3) is 0 Å². The smallest absolute Gasteiger partial charge is 0.302 e. The first-order chi connectivity index (χ1) is 4.24. The fraction of sp³-hybridized carbons (Fsp3) is 0.833. The summed E-state index contributed by atoms with van der Waals surface area (Å²) in [5.74, 6) is -0.0372. The second kappa shape index (κ2) is 2.35. The Hall–Kier alpha value is -0.570. The molecule has 0 heterocycles. The Kier molecular flexibility index (Phi) is 1.71. The zero-order valence-corrected chi connectivity index (χ0v) is 5.33. The zero-order valence-electron chi connectivity index (χ0n) is 5.33. The van der Waals surface area contributed by atoms with Crippen LogP contribution >= 0.6 is 0 Å². The van der Waals surface area contributed by atoms with Gasteiger partial charge in [-0.1, -0.05) is 0 Å². The molecule has 0 aliphatic heterocycles. The molecule has 2 unspecified atom stereocenters. The van der Waals surface area contributed by atoms with E-state index in [1.807, 2.05) is 0 Å². The van der Waals surface area contributed by atoms with Crippen molar-refractivity contribution in [3.05, 3.63) is 0 Å². The minimum Gasteiger partial charge on any atom is -0.462 e. The van der Waals surface area contributed by atoms with E-state index in [0.29, 0.717) is 0 Å². The number of hydrogen-bond donors (Lipinski definition) is 1. The lowest BCUT2D eigenvalue weighted by Crippen LogP contribution is -2.04. The highest BCUT2D eigenvalue weighted by Gasteiger charge is 2.39. The standard InChI is InChI=1S/C6H10O3/c1-4(8)9-6-2-5(6)3-7/h5-7H,2-3H2,1H3. The number of ether oxygens (including phenoxy) is 1. The number of rotatable bonds is 2. The Bertz CT molecular complexity index is 121. The molecule has 0 aromatic carbocycles. The van der Waals surface area contributed by atoms with Crippen LogP contribution in [0.5, 0.6) is 0 Å². The van der Waals surface area contributed by atoms with Gasteiger partial charge in [0.1, 0.15) is 6.10 Å². The van der Waals surface area contributed by atoms with E-state index >= 15 is 0 Å². The Labute approximate surface area is 53.6 Å². The van der Waals surface area contributed by atoms with E-state index in [0.717, 1.165) is 6.42 Å². The molecule has 1 saturated carbocycles. The zero-order chi connectivity index (χ0) is 6.85. The minimum absolute atomic E-state index is 0.00694. The van der Waals surface area contributed by atoms with Gasteiger partial charge in [-0.3, -0.25) is 4.79 Å². The predicted molar refractivity (Wildman–Crippen MR) is 30.7 cm³/mol. The van der Waals surface area contributed by atoms with Gasteiger partial charge in [-0.2, -0.15) is 0 Å². The number of aliphatic hydroxyl groups excluding tert-OH is 1. The maximum atomic E-state index is 10.3. The molecule has 1 rings (SSSR count). The minimum atomic E-state index is -0.254. The largest absolute Gasteiger partial charge is 0.462 e. The van der Waals surface area contributed by atoms with E-state index in [-0.39, 0.29) is 24.6 Å². The molecule has 0 radical (unpaired) electrons. The first-order valence-corrected chi connectivity index (χ1v) is 3.02. The van der Waals surface area contributed by atoms with Gasteiger partial charge in [0, 0.05) is 19.4 Å². The van der Waals surface area contributed by atoms with Crippen LogP contribution in [0, 0.1) is 5.92 Å². The second-order valence-corrected chi connectivity index (χ2v) is 2.33. The molecule has 0 saturated heterocycles. The summed E-state index contributed by atoms with van der Waals surface area (Å²) in [7, 11) is 0. The summed E-state index contributed by atoms with van der Waals surface area (Å²) in [4.78, 5) is 10.3. The van der Waals surface area contributed by atoms with Gasteiger partial charge >= 0.3 is 5.97 Å². The number of carbonyl (C=O) groups excluding carboxylic acids is 1. The molecule has 1 N–H and O–H groups in total. The van der Waals surface area contributed by atoms with Crippen molar-refractivity contribution < 1.29 is 14.6 Å². The van der Waals surface area contributed by atoms with E-state index in [4.69, 9.17) is 9.84 Å². The van der Waals surface area contributed by atoms with Crippen LogP contribution in [-0.4, -0.2) is 23.8 Å². The molecular formula is C6H10O3. The summed E-state index contributed by atoms with van der Waals surface area (Å²) < 4.78 is 4.77. The topological polar surface area (TPSA) is 46.5 Å². The molecule has 1 fully saturated rings. The van der Waals surface area contributed by atoms with Crippen LogP contribution < -0.4 is 0 Å². The molecule has 9 heavy (non-hydrogen) atoms. The average molecular weight is 130 g/mol. The van der Waals surface area contributed by atoms with Gasteiger partial charge in [0.05, 0.1) is 0 Å². The monoisotopic (exact) mass is 130 g/mol. The summed E-state index contributed by atoms with van der Waals surface area (Å²) in [5, 5.41) is 8.50. The van der Waals surface area contributed by atoms with Gasteiger partial charge in [0.15, 0.2) is 0 Å². The highest BCUT2D eigenvalue weighted by atomic mass is 16.5. The van der Waals surface area contributed by atoms with Gasteiger partial charge in [-0.05, 0) is 6.42 Å². The molecule has 0 spiro atoms. The maximum absolute atomic E-state index is 10.3. The number of carbonyl (C=O) groups is 1.